The van der Waals surface area contributed by atoms with Crippen LogP contribution in [0.3, 0.4) is 0 Å². The molecule has 138 valence electrons. The molecule has 0 aromatic heterocycles. The Morgan fingerprint density at radius 3 is 2.54 bits per heavy atom. The van der Waals surface area contributed by atoms with E-state index in [1.807, 2.05) is 18.2 Å². The van der Waals surface area contributed by atoms with Crippen LogP contribution in [0.5, 0.6) is 0 Å². The van der Waals surface area contributed by atoms with E-state index in [0.717, 1.165) is 18.7 Å². The van der Waals surface area contributed by atoms with E-state index in [0.29, 0.717) is 22.2 Å². The van der Waals surface area contributed by atoms with E-state index in [4.69, 9.17) is 12.2 Å². The first kappa shape index (κ1) is 18.9. The van der Waals surface area contributed by atoms with Crippen molar-refractivity contribution in [1.82, 2.24) is 4.90 Å². The van der Waals surface area contributed by atoms with Crippen molar-refractivity contribution in [3.8, 4) is 0 Å². The summed E-state index contributed by atoms with van der Waals surface area (Å²) in [5.74, 6) is -1.27. The van der Waals surface area contributed by atoms with E-state index in [1.54, 1.807) is 0 Å². The number of carboxylic acids is 1. The smallest absolute Gasteiger partial charge is 0.266 e. The van der Waals surface area contributed by atoms with Crippen LogP contribution in [0.4, 0.5) is 5.69 Å². The molecule has 0 atom stereocenters. The summed E-state index contributed by atoms with van der Waals surface area (Å²) >= 11 is 6.52. The molecule has 0 radical (unpaired) electrons. The number of thioether (sulfide) groups is 1. The predicted molar refractivity (Wildman–Crippen MR) is 107 cm³/mol. The van der Waals surface area contributed by atoms with Crippen LogP contribution in [-0.2, 0) is 9.59 Å². The van der Waals surface area contributed by atoms with Gasteiger partial charge in [-0.2, -0.15) is 0 Å². The maximum atomic E-state index is 12.5. The van der Waals surface area contributed by atoms with E-state index in [9.17, 15) is 14.7 Å². The Morgan fingerprint density at radius 2 is 1.88 bits per heavy atom. The summed E-state index contributed by atoms with van der Waals surface area (Å²) in [6.07, 6.45) is 5.89. The molecular formula is C19H21N2O3S2-. The van der Waals surface area contributed by atoms with E-state index >= 15 is 0 Å². The zero-order chi connectivity index (χ0) is 18.5. The lowest BCUT2D eigenvalue weighted by Gasteiger charge is -2.28. The highest BCUT2D eigenvalue weighted by Crippen LogP contribution is 2.33. The van der Waals surface area contributed by atoms with Crippen LogP contribution in [0.2, 0.25) is 0 Å². The van der Waals surface area contributed by atoms with E-state index in [-0.39, 0.29) is 12.3 Å². The van der Waals surface area contributed by atoms with Gasteiger partial charge in [0, 0.05) is 31.3 Å². The molecule has 2 saturated heterocycles. The Bertz CT molecular complexity index is 725. The fourth-order valence-electron chi connectivity index (χ4n) is 3.16. The Labute approximate surface area is 163 Å². The van der Waals surface area contributed by atoms with Crippen LogP contribution in [0.15, 0.2) is 29.2 Å². The van der Waals surface area contributed by atoms with Crippen molar-refractivity contribution in [3.63, 3.8) is 0 Å². The number of hydrogen-bond donors (Lipinski definition) is 0. The van der Waals surface area contributed by atoms with Gasteiger partial charge in [-0.1, -0.05) is 36.1 Å². The summed E-state index contributed by atoms with van der Waals surface area (Å²) in [6, 6.07) is 8.23. The number of piperidine rings is 1. The van der Waals surface area contributed by atoms with Crippen LogP contribution in [0, 0.1) is 0 Å². The minimum Gasteiger partial charge on any atom is -0.550 e. The highest BCUT2D eigenvalue weighted by atomic mass is 32.2. The molecule has 0 spiro atoms. The van der Waals surface area contributed by atoms with Crippen molar-refractivity contribution in [1.29, 1.82) is 0 Å². The number of carbonyl (C=O) groups is 2. The molecule has 0 N–H and O–H groups in total. The van der Waals surface area contributed by atoms with Gasteiger partial charge in [-0.3, -0.25) is 9.69 Å². The third kappa shape index (κ3) is 4.65. The number of rotatable bonds is 6. The van der Waals surface area contributed by atoms with Crippen molar-refractivity contribution >= 4 is 51.9 Å². The van der Waals surface area contributed by atoms with E-state index < -0.39 is 5.97 Å². The van der Waals surface area contributed by atoms with Gasteiger partial charge in [0.05, 0.1) is 4.91 Å². The van der Waals surface area contributed by atoms with Crippen molar-refractivity contribution < 1.29 is 14.7 Å². The van der Waals surface area contributed by atoms with Gasteiger partial charge in [0.1, 0.15) is 4.32 Å². The van der Waals surface area contributed by atoms with Gasteiger partial charge < -0.3 is 14.8 Å². The third-order valence-electron chi connectivity index (χ3n) is 4.55. The zero-order valence-corrected chi connectivity index (χ0v) is 16.1. The molecule has 0 unspecified atom stereocenters. The number of anilines is 1. The fraction of sp³-hybridized carbons (Fsp3) is 0.421. The Kier molecular flexibility index (Phi) is 6.32. The van der Waals surface area contributed by atoms with E-state index in [2.05, 4.69) is 17.0 Å². The Morgan fingerprint density at radius 1 is 1.19 bits per heavy atom. The largest absolute Gasteiger partial charge is 0.550 e. The van der Waals surface area contributed by atoms with Crippen molar-refractivity contribution in [3.05, 3.63) is 34.7 Å². The molecule has 2 fully saturated rings. The second kappa shape index (κ2) is 8.68. The quantitative estimate of drug-likeness (QED) is 0.550. The number of thiocarbonyl (C=S) groups is 1. The van der Waals surface area contributed by atoms with Crippen LogP contribution < -0.4 is 10.0 Å². The molecule has 2 aliphatic rings. The minimum absolute atomic E-state index is 0.0753. The molecular weight excluding hydrogens is 368 g/mol. The lowest BCUT2D eigenvalue weighted by molar-refractivity contribution is -0.305. The van der Waals surface area contributed by atoms with Gasteiger partial charge in [-0.05, 0) is 55.9 Å². The number of amides is 1. The monoisotopic (exact) mass is 389 g/mol. The molecule has 2 heterocycles. The van der Waals surface area contributed by atoms with Gasteiger partial charge >= 0.3 is 0 Å². The van der Waals surface area contributed by atoms with Gasteiger partial charge in [-0.25, -0.2) is 0 Å². The Balaban J connectivity index is 1.64. The van der Waals surface area contributed by atoms with Crippen molar-refractivity contribution in [2.75, 3.05) is 24.5 Å². The van der Waals surface area contributed by atoms with Crippen molar-refractivity contribution in [2.24, 2.45) is 0 Å². The van der Waals surface area contributed by atoms with Gasteiger partial charge in [0.25, 0.3) is 5.91 Å². The minimum atomic E-state index is -1.11. The molecule has 1 aromatic rings. The second-order valence-electron chi connectivity index (χ2n) is 6.45. The maximum absolute atomic E-state index is 12.5. The first-order valence-corrected chi connectivity index (χ1v) is 10.1. The number of carbonyl (C=O) groups excluding carboxylic acids is 2. The van der Waals surface area contributed by atoms with Gasteiger partial charge in [0.2, 0.25) is 0 Å². The molecule has 7 heteroatoms. The summed E-state index contributed by atoms with van der Waals surface area (Å²) in [7, 11) is 0. The molecule has 0 saturated carbocycles. The van der Waals surface area contributed by atoms with E-state index in [1.165, 1.54) is 41.6 Å². The molecule has 2 aliphatic heterocycles. The van der Waals surface area contributed by atoms with Crippen LogP contribution in [0.25, 0.3) is 6.08 Å². The van der Waals surface area contributed by atoms with Crippen LogP contribution in [0.1, 0.15) is 37.7 Å². The first-order valence-electron chi connectivity index (χ1n) is 8.85. The summed E-state index contributed by atoms with van der Waals surface area (Å²) in [5.41, 5.74) is 2.18. The van der Waals surface area contributed by atoms with Crippen LogP contribution >= 0.6 is 24.0 Å². The SMILES string of the molecule is O=C([O-])CCCN1C(=O)/C(=C\c2ccc(N3CCCCC3)cc2)SC1=S. The average molecular weight is 390 g/mol. The average Bonchev–Trinajstić information content (AvgIpc) is 2.90. The lowest BCUT2D eigenvalue weighted by atomic mass is 10.1. The van der Waals surface area contributed by atoms with Gasteiger partial charge in [0.15, 0.2) is 0 Å². The molecule has 26 heavy (non-hydrogen) atoms. The predicted octanol–water partition coefficient (Wildman–Crippen LogP) is 2.41. The number of aliphatic carboxylic acids is 1. The van der Waals surface area contributed by atoms with Crippen molar-refractivity contribution in [2.45, 2.75) is 32.1 Å². The summed E-state index contributed by atoms with van der Waals surface area (Å²) in [4.78, 5) is 27.4. The highest BCUT2D eigenvalue weighted by Gasteiger charge is 2.31. The van der Waals surface area contributed by atoms with Crippen LogP contribution in [-0.4, -0.2) is 40.7 Å². The normalized spacial score (nSPS) is 19.5. The molecule has 3 rings (SSSR count). The summed E-state index contributed by atoms with van der Waals surface area (Å²) < 4.78 is 0.476. The molecule has 1 amide bonds. The summed E-state index contributed by atoms with van der Waals surface area (Å²) in [5, 5.41) is 10.5. The fourth-order valence-corrected chi connectivity index (χ4v) is 4.47. The second-order valence-corrected chi connectivity index (χ2v) is 8.12. The standard InChI is InChI=1S/C19H22N2O3S2/c22-17(23)5-4-12-21-18(24)16(26-19(21)25)13-14-6-8-15(9-7-14)20-10-2-1-3-11-20/h6-9,13H,1-5,10-12H2,(H,22,23)/p-1/b16-13+. The first-order chi connectivity index (χ1) is 12.5. The topological polar surface area (TPSA) is 63.7 Å². The third-order valence-corrected chi connectivity index (χ3v) is 5.93. The molecule has 0 bridgehead atoms. The zero-order valence-electron chi connectivity index (χ0n) is 14.5. The summed E-state index contributed by atoms with van der Waals surface area (Å²) in [6.45, 7) is 2.51. The molecule has 1 aromatic carbocycles. The number of carboxylic acid groups (broad SMARTS) is 1. The Hall–Kier alpha value is -1.86. The lowest BCUT2D eigenvalue weighted by Crippen LogP contribution is -2.30. The number of hydrogen-bond acceptors (Lipinski definition) is 6. The number of nitrogens with zero attached hydrogens (tertiary/aromatic N) is 2. The molecule has 5 nitrogen and oxygen atoms in total. The molecule has 0 aliphatic carbocycles. The number of benzene rings is 1. The van der Waals surface area contributed by atoms with Gasteiger partial charge in [-0.15, -0.1) is 0 Å². The highest BCUT2D eigenvalue weighted by molar-refractivity contribution is 8.26. The maximum Gasteiger partial charge on any atom is 0.266 e.